The Labute approximate surface area is 571 Å². The quantitative estimate of drug-likeness (QED) is 0.0218. The van der Waals surface area contributed by atoms with E-state index < -0.39 is 0 Å². The van der Waals surface area contributed by atoms with Crippen molar-refractivity contribution in [1.29, 1.82) is 0 Å². The van der Waals surface area contributed by atoms with E-state index in [9.17, 15) is 0 Å². The maximum Gasteiger partial charge on any atom is 0.196 e. The van der Waals surface area contributed by atoms with E-state index in [0.717, 1.165) is 76.8 Å². The summed E-state index contributed by atoms with van der Waals surface area (Å²) in [5.74, 6) is 8.08. The first-order valence-corrected chi connectivity index (χ1v) is 36.3. The second kappa shape index (κ2) is 54.0. The van der Waals surface area contributed by atoms with Crippen molar-refractivity contribution in [2.75, 3.05) is 69.4 Å². The van der Waals surface area contributed by atoms with Gasteiger partial charge in [0, 0.05) is 29.2 Å². The van der Waals surface area contributed by atoms with Crippen molar-refractivity contribution in [2.24, 2.45) is 0 Å². The molecule has 8 unspecified atom stereocenters. The zero-order valence-corrected chi connectivity index (χ0v) is 62.5. The van der Waals surface area contributed by atoms with E-state index >= 15 is 0 Å². The van der Waals surface area contributed by atoms with Crippen LogP contribution in [0.2, 0.25) is 0 Å². The standard InChI is InChI=1S/2C14H22O2.3C13H19BrO2.C10H14/c2*1-5-11(3)13-7-9-14(10-8-13)16-12(4)15-6-2;3*1-3-11(2)12-4-6-13(7-5-12)16-10-15-9-8-14;1-3-9(2)10-7-5-4-6-8-10/h2*7-12H,5-6H2,1-4H3;3*4-7,11H,3,8-10H2,1-2H3;4-9H,3H2,1-2H3. The molecule has 0 radical (unpaired) electrons. The van der Waals surface area contributed by atoms with Crippen LogP contribution >= 0.6 is 47.8 Å². The van der Waals surface area contributed by atoms with Gasteiger partial charge in [-0.2, -0.15) is 0 Å². The fourth-order valence-corrected chi connectivity index (χ4v) is 8.90. The van der Waals surface area contributed by atoms with Crippen LogP contribution in [0.4, 0.5) is 0 Å². The Morgan fingerprint density at radius 1 is 0.278 bits per heavy atom. The molecule has 6 rings (SSSR count). The molecule has 0 bridgehead atoms. The highest BCUT2D eigenvalue weighted by Crippen LogP contribution is 2.26. The Kier molecular flexibility index (Phi) is 50.1. The molecule has 0 saturated carbocycles. The van der Waals surface area contributed by atoms with E-state index in [-0.39, 0.29) is 12.6 Å². The first-order valence-electron chi connectivity index (χ1n) is 32.9. The highest BCUT2D eigenvalue weighted by Gasteiger charge is 2.09. The van der Waals surface area contributed by atoms with E-state index in [0.29, 0.717) is 88.9 Å². The number of ether oxygens (including phenoxy) is 10. The van der Waals surface area contributed by atoms with Gasteiger partial charge in [0.05, 0.1) is 19.8 Å². The monoisotopic (exact) mass is 1440 g/mol. The molecule has 0 aliphatic carbocycles. The minimum Gasteiger partial charge on any atom is -0.468 e. The fourth-order valence-electron chi connectivity index (χ4n) is 8.21. The van der Waals surface area contributed by atoms with Gasteiger partial charge in [0.2, 0.25) is 0 Å². The molecule has 0 aliphatic rings. The van der Waals surface area contributed by atoms with Gasteiger partial charge in [0.25, 0.3) is 0 Å². The lowest BCUT2D eigenvalue weighted by Crippen LogP contribution is -2.15. The van der Waals surface area contributed by atoms with E-state index in [1.165, 1.54) is 39.8 Å². The highest BCUT2D eigenvalue weighted by atomic mass is 79.9. The number of hydrogen-bond acceptors (Lipinski definition) is 10. The van der Waals surface area contributed by atoms with E-state index in [1.807, 2.05) is 88.4 Å². The molecule has 0 aromatic heterocycles. The average Bonchev–Trinajstić information content (AvgIpc) is 3.30. The molecule has 13 heteroatoms. The van der Waals surface area contributed by atoms with Crippen LogP contribution in [-0.2, 0) is 23.7 Å². The molecule has 8 atom stereocenters. The normalized spacial score (nSPS) is 13.2. The molecule has 0 fully saturated rings. The van der Waals surface area contributed by atoms with Crippen LogP contribution in [0.1, 0.15) is 218 Å². The molecular formula is C77H115Br3O10. The van der Waals surface area contributed by atoms with Gasteiger partial charge in [0.1, 0.15) is 28.7 Å². The molecule has 0 spiro atoms. The van der Waals surface area contributed by atoms with Crippen LogP contribution in [0.15, 0.2) is 152 Å². The summed E-state index contributed by atoms with van der Waals surface area (Å²) in [6.45, 7) is 38.7. The lowest BCUT2D eigenvalue weighted by atomic mass is 9.99. The molecule has 90 heavy (non-hydrogen) atoms. The summed E-state index contributed by atoms with van der Waals surface area (Å²) in [4.78, 5) is 0. The van der Waals surface area contributed by atoms with Crippen LogP contribution in [0.5, 0.6) is 28.7 Å². The molecule has 0 amide bonds. The topological polar surface area (TPSA) is 92.3 Å². The number of halogens is 3. The van der Waals surface area contributed by atoms with Gasteiger partial charge in [0.15, 0.2) is 33.0 Å². The van der Waals surface area contributed by atoms with Crippen molar-refractivity contribution in [1.82, 2.24) is 0 Å². The zero-order chi connectivity index (χ0) is 66.7. The summed E-state index contributed by atoms with van der Waals surface area (Å²) < 4.78 is 53.8. The zero-order valence-electron chi connectivity index (χ0n) is 57.8. The average molecular weight is 1440 g/mol. The summed E-state index contributed by atoms with van der Waals surface area (Å²) in [6.07, 6.45) is 6.67. The molecule has 6 aromatic rings. The van der Waals surface area contributed by atoms with Crippen LogP contribution < -0.4 is 23.7 Å². The molecule has 10 nitrogen and oxygen atoms in total. The summed E-state index contributed by atoms with van der Waals surface area (Å²) in [7, 11) is 0. The third kappa shape index (κ3) is 38.5. The van der Waals surface area contributed by atoms with E-state index in [1.54, 1.807) is 0 Å². The van der Waals surface area contributed by atoms with E-state index in [4.69, 9.17) is 47.4 Å². The van der Waals surface area contributed by atoms with Crippen LogP contribution in [0.3, 0.4) is 0 Å². The first-order chi connectivity index (χ1) is 43.5. The smallest absolute Gasteiger partial charge is 0.196 e. The predicted octanol–water partition coefficient (Wildman–Crippen LogP) is 23.0. The maximum atomic E-state index is 5.60. The highest BCUT2D eigenvalue weighted by molar-refractivity contribution is 9.09. The lowest BCUT2D eigenvalue weighted by Gasteiger charge is -2.15. The van der Waals surface area contributed by atoms with Crippen molar-refractivity contribution in [3.8, 4) is 28.7 Å². The van der Waals surface area contributed by atoms with Gasteiger partial charge in [-0.15, -0.1) is 0 Å². The largest absolute Gasteiger partial charge is 0.468 e. The third-order valence-electron chi connectivity index (χ3n) is 15.3. The third-order valence-corrected chi connectivity index (χ3v) is 16.3. The Bertz CT molecular complexity index is 2330. The first kappa shape index (κ1) is 83.6. The SMILES string of the molecule is CCC(C)c1ccc(OCOCCBr)cc1.CCC(C)c1ccc(OCOCCBr)cc1.CCC(C)c1ccc(OCOCCBr)cc1.CCC(C)c1ccccc1.CCOC(C)Oc1ccc(C(C)CC)cc1.CCOC(C)Oc1ccc(C(C)CC)cc1. The van der Waals surface area contributed by atoms with E-state index in [2.05, 4.69) is 222 Å². The minimum atomic E-state index is -0.181. The molecule has 504 valence electrons. The second-order valence-electron chi connectivity index (χ2n) is 22.0. The van der Waals surface area contributed by atoms with Crippen LogP contribution in [0.25, 0.3) is 0 Å². The summed E-state index contributed by atoms with van der Waals surface area (Å²) in [5, 5.41) is 2.51. The Hall–Kier alpha value is -4.44. The van der Waals surface area contributed by atoms with Gasteiger partial charge in [-0.05, 0) is 196 Å². The summed E-state index contributed by atoms with van der Waals surface area (Å²) >= 11 is 9.87. The van der Waals surface area contributed by atoms with Crippen molar-refractivity contribution < 1.29 is 47.4 Å². The van der Waals surface area contributed by atoms with Gasteiger partial charge in [-0.3, -0.25) is 0 Å². The Morgan fingerprint density at radius 2 is 0.489 bits per heavy atom. The lowest BCUT2D eigenvalue weighted by molar-refractivity contribution is -0.0616. The van der Waals surface area contributed by atoms with Crippen molar-refractivity contribution in [3.05, 3.63) is 185 Å². The fraction of sp³-hybridized carbons (Fsp3) is 0.532. The van der Waals surface area contributed by atoms with Gasteiger partial charge in [-0.1, -0.05) is 222 Å². The predicted molar refractivity (Wildman–Crippen MR) is 390 cm³/mol. The number of benzene rings is 6. The van der Waals surface area contributed by atoms with Gasteiger partial charge >= 0.3 is 0 Å². The summed E-state index contributed by atoms with van der Waals surface area (Å²) in [5.41, 5.74) is 8.24. The van der Waals surface area contributed by atoms with Gasteiger partial charge < -0.3 is 47.4 Å². The molecular weight excluding hydrogens is 1320 g/mol. The van der Waals surface area contributed by atoms with Crippen LogP contribution in [0, 0.1) is 0 Å². The van der Waals surface area contributed by atoms with Crippen molar-refractivity contribution in [3.63, 3.8) is 0 Å². The van der Waals surface area contributed by atoms with Gasteiger partial charge in [-0.25, -0.2) is 0 Å². The Balaban J connectivity index is 0.000000543. The summed E-state index contributed by atoms with van der Waals surface area (Å²) in [6, 6.07) is 51.9. The number of hydrogen-bond donors (Lipinski definition) is 0. The Morgan fingerprint density at radius 3 is 0.689 bits per heavy atom. The number of rotatable bonds is 35. The van der Waals surface area contributed by atoms with Crippen LogP contribution in [-0.4, -0.2) is 82.0 Å². The minimum absolute atomic E-state index is 0.181. The number of alkyl halides is 3. The second-order valence-corrected chi connectivity index (χ2v) is 24.4. The molecule has 0 aliphatic heterocycles. The van der Waals surface area contributed by atoms with Crippen molar-refractivity contribution in [2.45, 2.75) is 197 Å². The maximum absolute atomic E-state index is 5.60. The van der Waals surface area contributed by atoms with Crippen molar-refractivity contribution >= 4 is 47.8 Å². The molecule has 0 N–H and O–H groups in total. The molecule has 6 aromatic carbocycles. The molecule has 0 saturated heterocycles. The molecule has 0 heterocycles.